The molecule has 0 fully saturated rings. The van der Waals surface area contributed by atoms with Gasteiger partial charge in [-0.25, -0.2) is 4.39 Å². The van der Waals surface area contributed by atoms with Crippen LogP contribution in [0.1, 0.15) is 37.0 Å². The minimum absolute atomic E-state index is 0.0314. The van der Waals surface area contributed by atoms with Crippen LogP contribution in [-0.2, 0) is 5.41 Å². The van der Waals surface area contributed by atoms with E-state index in [9.17, 15) is 9.18 Å². The maximum absolute atomic E-state index is 13.7. The lowest BCUT2D eigenvalue weighted by atomic mass is 9.87. The molecule has 1 N–H and O–H groups in total. The molecule has 1 heterocycles. The molecule has 6 heteroatoms. The van der Waals surface area contributed by atoms with Crippen LogP contribution in [-0.4, -0.2) is 16.1 Å². The SMILES string of the molecule is CC(C)(C)c1ccc(NC(=O)c2nnc(-c3ccccc3F)o2)cc1. The fraction of sp³-hybridized carbons (Fsp3) is 0.211. The molecule has 0 unspecified atom stereocenters. The van der Waals surface area contributed by atoms with E-state index in [1.54, 1.807) is 12.1 Å². The van der Waals surface area contributed by atoms with Gasteiger partial charge < -0.3 is 9.73 Å². The molecule has 0 atom stereocenters. The zero-order chi connectivity index (χ0) is 18.0. The zero-order valence-corrected chi connectivity index (χ0v) is 14.2. The lowest BCUT2D eigenvalue weighted by Gasteiger charge is -2.19. The van der Waals surface area contributed by atoms with E-state index >= 15 is 0 Å². The first-order valence-electron chi connectivity index (χ1n) is 7.85. The van der Waals surface area contributed by atoms with Crippen molar-refractivity contribution in [2.45, 2.75) is 26.2 Å². The third kappa shape index (κ3) is 3.74. The molecule has 0 aliphatic heterocycles. The monoisotopic (exact) mass is 339 g/mol. The smallest absolute Gasteiger partial charge is 0.313 e. The fourth-order valence-corrected chi connectivity index (χ4v) is 2.30. The second-order valence-corrected chi connectivity index (χ2v) is 6.67. The number of carbonyl (C=O) groups is 1. The van der Waals surface area contributed by atoms with E-state index in [-0.39, 0.29) is 22.8 Å². The number of hydrogen-bond donors (Lipinski definition) is 1. The first kappa shape index (κ1) is 16.8. The Balaban J connectivity index is 1.75. The number of rotatable bonds is 3. The van der Waals surface area contributed by atoms with Crippen LogP contribution >= 0.6 is 0 Å². The average molecular weight is 339 g/mol. The maximum atomic E-state index is 13.7. The van der Waals surface area contributed by atoms with E-state index in [1.807, 2.05) is 24.3 Å². The number of anilines is 1. The van der Waals surface area contributed by atoms with E-state index in [1.165, 1.54) is 12.1 Å². The summed E-state index contributed by atoms with van der Waals surface area (Å²) in [5.74, 6) is -1.29. The van der Waals surface area contributed by atoms with E-state index in [0.717, 1.165) is 5.56 Å². The van der Waals surface area contributed by atoms with Gasteiger partial charge in [0.1, 0.15) is 5.82 Å². The summed E-state index contributed by atoms with van der Waals surface area (Å²) in [6, 6.07) is 13.5. The Bertz CT molecular complexity index is 896. The van der Waals surface area contributed by atoms with Crippen molar-refractivity contribution in [2.24, 2.45) is 0 Å². The quantitative estimate of drug-likeness (QED) is 0.767. The number of hydrogen-bond acceptors (Lipinski definition) is 4. The van der Waals surface area contributed by atoms with Crippen LogP contribution in [0.25, 0.3) is 11.5 Å². The molecule has 1 amide bonds. The summed E-state index contributed by atoms with van der Waals surface area (Å²) in [6.07, 6.45) is 0. The van der Waals surface area contributed by atoms with Crippen LogP contribution in [0.5, 0.6) is 0 Å². The van der Waals surface area contributed by atoms with Gasteiger partial charge in [0, 0.05) is 5.69 Å². The molecule has 0 saturated heterocycles. The summed E-state index contributed by atoms with van der Waals surface area (Å²) in [5, 5.41) is 10.1. The lowest BCUT2D eigenvalue weighted by molar-refractivity contribution is 0.0991. The molecule has 0 aliphatic rings. The van der Waals surface area contributed by atoms with Gasteiger partial charge in [-0.3, -0.25) is 4.79 Å². The number of aromatic nitrogens is 2. The van der Waals surface area contributed by atoms with Gasteiger partial charge in [0.15, 0.2) is 0 Å². The van der Waals surface area contributed by atoms with Crippen LogP contribution in [0.15, 0.2) is 52.9 Å². The summed E-state index contributed by atoms with van der Waals surface area (Å²) in [6.45, 7) is 6.34. The van der Waals surface area contributed by atoms with Crippen molar-refractivity contribution < 1.29 is 13.6 Å². The first-order chi connectivity index (χ1) is 11.8. The average Bonchev–Trinajstić information content (AvgIpc) is 3.05. The van der Waals surface area contributed by atoms with Crippen LogP contribution in [0, 0.1) is 5.82 Å². The third-order valence-electron chi connectivity index (χ3n) is 3.73. The Morgan fingerprint density at radius 2 is 1.72 bits per heavy atom. The van der Waals surface area contributed by atoms with Gasteiger partial charge in [0.2, 0.25) is 0 Å². The molecule has 3 rings (SSSR count). The van der Waals surface area contributed by atoms with Crippen molar-refractivity contribution in [3.63, 3.8) is 0 Å². The summed E-state index contributed by atoms with van der Waals surface area (Å²) < 4.78 is 19.0. The maximum Gasteiger partial charge on any atom is 0.313 e. The first-order valence-corrected chi connectivity index (χ1v) is 7.85. The molecule has 0 aliphatic carbocycles. The predicted octanol–water partition coefficient (Wildman–Crippen LogP) is 4.43. The number of amides is 1. The van der Waals surface area contributed by atoms with Crippen molar-refractivity contribution in [2.75, 3.05) is 5.32 Å². The second-order valence-electron chi connectivity index (χ2n) is 6.67. The Hall–Kier alpha value is -3.02. The largest absolute Gasteiger partial charge is 0.412 e. The fourth-order valence-electron chi connectivity index (χ4n) is 2.30. The van der Waals surface area contributed by atoms with E-state index in [2.05, 4.69) is 36.3 Å². The van der Waals surface area contributed by atoms with E-state index in [0.29, 0.717) is 5.69 Å². The van der Waals surface area contributed by atoms with Crippen LogP contribution in [0.4, 0.5) is 10.1 Å². The third-order valence-corrected chi connectivity index (χ3v) is 3.73. The number of nitrogens with one attached hydrogen (secondary N) is 1. The van der Waals surface area contributed by atoms with Gasteiger partial charge in [0.25, 0.3) is 5.89 Å². The van der Waals surface area contributed by atoms with Gasteiger partial charge in [0.05, 0.1) is 5.56 Å². The number of carbonyl (C=O) groups excluding carboxylic acids is 1. The second kappa shape index (κ2) is 6.47. The summed E-state index contributed by atoms with van der Waals surface area (Å²) in [5.41, 5.74) is 1.96. The molecule has 128 valence electrons. The summed E-state index contributed by atoms with van der Waals surface area (Å²) in [4.78, 5) is 12.2. The Labute approximate surface area is 144 Å². The van der Waals surface area contributed by atoms with Gasteiger partial charge in [-0.05, 0) is 35.2 Å². The molecule has 0 radical (unpaired) electrons. The van der Waals surface area contributed by atoms with Crippen LogP contribution in [0.3, 0.4) is 0 Å². The molecule has 0 spiro atoms. The van der Waals surface area contributed by atoms with Crippen molar-refractivity contribution in [1.82, 2.24) is 10.2 Å². The molecular formula is C19H18FN3O2. The molecule has 2 aromatic carbocycles. The van der Waals surface area contributed by atoms with Gasteiger partial charge >= 0.3 is 11.8 Å². The van der Waals surface area contributed by atoms with Gasteiger partial charge in [-0.2, -0.15) is 0 Å². The summed E-state index contributed by atoms with van der Waals surface area (Å²) >= 11 is 0. The van der Waals surface area contributed by atoms with Crippen molar-refractivity contribution in [3.05, 3.63) is 65.8 Å². The molecule has 1 aromatic heterocycles. The van der Waals surface area contributed by atoms with E-state index in [4.69, 9.17) is 4.42 Å². The van der Waals surface area contributed by atoms with Crippen molar-refractivity contribution in [1.29, 1.82) is 0 Å². The highest BCUT2D eigenvalue weighted by Crippen LogP contribution is 2.24. The van der Waals surface area contributed by atoms with Gasteiger partial charge in [-0.1, -0.05) is 45.0 Å². The van der Waals surface area contributed by atoms with Crippen molar-refractivity contribution in [3.8, 4) is 11.5 Å². The predicted molar refractivity (Wildman–Crippen MR) is 92.8 cm³/mol. The normalized spacial score (nSPS) is 11.4. The van der Waals surface area contributed by atoms with Gasteiger partial charge in [-0.15, -0.1) is 10.2 Å². The van der Waals surface area contributed by atoms with Crippen LogP contribution in [0.2, 0.25) is 0 Å². The number of halogens is 1. The minimum Gasteiger partial charge on any atom is -0.412 e. The zero-order valence-electron chi connectivity index (χ0n) is 14.2. The highest BCUT2D eigenvalue weighted by Gasteiger charge is 2.18. The van der Waals surface area contributed by atoms with E-state index < -0.39 is 11.7 Å². The Kier molecular flexibility index (Phi) is 4.35. The summed E-state index contributed by atoms with van der Waals surface area (Å²) in [7, 11) is 0. The number of benzene rings is 2. The molecule has 0 saturated carbocycles. The topological polar surface area (TPSA) is 68.0 Å². The standard InChI is InChI=1S/C19H18FN3O2/c1-19(2,3)12-8-10-13(11-9-12)21-16(24)18-23-22-17(25-18)14-6-4-5-7-15(14)20/h4-11H,1-3H3,(H,21,24). The Morgan fingerprint density at radius 3 is 2.36 bits per heavy atom. The highest BCUT2D eigenvalue weighted by molar-refractivity contribution is 6.00. The molecule has 3 aromatic rings. The molecule has 25 heavy (non-hydrogen) atoms. The number of nitrogens with zero attached hydrogens (tertiary/aromatic N) is 2. The highest BCUT2D eigenvalue weighted by atomic mass is 19.1. The molecule has 0 bridgehead atoms. The van der Waals surface area contributed by atoms with Crippen molar-refractivity contribution >= 4 is 11.6 Å². The molecular weight excluding hydrogens is 321 g/mol. The Morgan fingerprint density at radius 1 is 1.04 bits per heavy atom. The van der Waals surface area contributed by atoms with Crippen LogP contribution < -0.4 is 5.32 Å². The minimum atomic E-state index is -0.543. The molecule has 5 nitrogen and oxygen atoms in total. The lowest BCUT2D eigenvalue weighted by Crippen LogP contribution is -2.14.